The van der Waals surface area contributed by atoms with Crippen LogP contribution in [0.15, 0.2) is 18.2 Å². The van der Waals surface area contributed by atoms with Crippen molar-refractivity contribution in [3.8, 4) is 0 Å². The van der Waals surface area contributed by atoms with Crippen molar-refractivity contribution in [2.45, 2.75) is 38.1 Å². The summed E-state index contributed by atoms with van der Waals surface area (Å²) in [5.74, 6) is -0.828. The van der Waals surface area contributed by atoms with Crippen LogP contribution in [0.25, 0.3) is 0 Å². The first-order valence-corrected chi connectivity index (χ1v) is 6.95. The number of aliphatic hydroxyl groups is 1. The summed E-state index contributed by atoms with van der Waals surface area (Å²) in [6, 6.07) is 4.27. The Morgan fingerprint density at radius 1 is 1.35 bits per heavy atom. The second-order valence-electron chi connectivity index (χ2n) is 5.07. The fraction of sp³-hybridized carbons (Fsp3) is 0.571. The number of halogens is 1. The lowest BCUT2D eigenvalue weighted by Crippen LogP contribution is -2.39. The summed E-state index contributed by atoms with van der Waals surface area (Å²) in [5, 5.41) is 20.3. The minimum atomic E-state index is -0.828. The van der Waals surface area contributed by atoms with Gasteiger partial charge in [0.15, 0.2) is 0 Å². The van der Waals surface area contributed by atoms with Crippen LogP contribution in [-0.2, 0) is 0 Å². The topological polar surface area (TPSA) is 66.6 Å². The Balaban J connectivity index is 2.38. The van der Waals surface area contributed by atoms with Gasteiger partial charge in [-0.2, -0.15) is 4.39 Å². The molecule has 0 spiro atoms. The first-order valence-electron chi connectivity index (χ1n) is 6.95. The zero-order valence-corrected chi connectivity index (χ0v) is 11.3. The molecule has 0 saturated heterocycles. The van der Waals surface area contributed by atoms with E-state index in [-0.39, 0.29) is 24.9 Å². The Hall–Kier alpha value is -1.69. The van der Waals surface area contributed by atoms with E-state index in [9.17, 15) is 19.6 Å². The van der Waals surface area contributed by atoms with Crippen LogP contribution >= 0.6 is 0 Å². The molecule has 110 valence electrons. The molecular formula is C14H19FN2O3. The Labute approximate surface area is 117 Å². The van der Waals surface area contributed by atoms with Crippen LogP contribution in [0.1, 0.15) is 32.1 Å². The lowest BCUT2D eigenvalue weighted by atomic mass is 9.93. The Kier molecular flexibility index (Phi) is 4.89. The molecule has 5 nitrogen and oxygen atoms in total. The Morgan fingerprint density at radius 2 is 2.05 bits per heavy atom. The van der Waals surface area contributed by atoms with E-state index in [1.807, 2.05) is 0 Å². The van der Waals surface area contributed by atoms with Gasteiger partial charge in [-0.25, -0.2) is 0 Å². The van der Waals surface area contributed by atoms with Gasteiger partial charge in [-0.3, -0.25) is 10.1 Å². The molecule has 2 rings (SSSR count). The molecule has 0 bridgehead atoms. The molecule has 0 heterocycles. The number of benzene rings is 1. The van der Waals surface area contributed by atoms with E-state index in [4.69, 9.17) is 0 Å². The van der Waals surface area contributed by atoms with Crippen molar-refractivity contribution < 1.29 is 14.4 Å². The van der Waals surface area contributed by atoms with Gasteiger partial charge in [-0.05, 0) is 25.0 Å². The van der Waals surface area contributed by atoms with Crippen molar-refractivity contribution in [2.24, 2.45) is 0 Å². The van der Waals surface area contributed by atoms with Gasteiger partial charge in [0.2, 0.25) is 5.82 Å². The first-order chi connectivity index (χ1) is 9.65. The number of nitro groups is 1. The molecule has 0 radical (unpaired) electrons. The van der Waals surface area contributed by atoms with Gasteiger partial charge < -0.3 is 10.0 Å². The number of nitrogens with zero attached hydrogens (tertiary/aromatic N) is 2. The van der Waals surface area contributed by atoms with Crippen LogP contribution in [0.5, 0.6) is 0 Å². The summed E-state index contributed by atoms with van der Waals surface area (Å²) in [7, 11) is 0. The van der Waals surface area contributed by atoms with E-state index in [0.29, 0.717) is 0 Å². The van der Waals surface area contributed by atoms with Gasteiger partial charge in [0.1, 0.15) is 5.69 Å². The molecule has 0 amide bonds. The van der Waals surface area contributed by atoms with Crippen LogP contribution < -0.4 is 4.90 Å². The lowest BCUT2D eigenvalue weighted by Gasteiger charge is -2.35. The number of aliphatic hydroxyl groups excluding tert-OH is 1. The smallest absolute Gasteiger partial charge is 0.327 e. The average molecular weight is 282 g/mol. The largest absolute Gasteiger partial charge is 0.395 e. The molecule has 0 atom stereocenters. The maximum Gasteiger partial charge on any atom is 0.327 e. The molecule has 1 aliphatic carbocycles. The van der Waals surface area contributed by atoms with E-state index in [2.05, 4.69) is 0 Å². The quantitative estimate of drug-likeness (QED) is 0.666. The molecular weight excluding hydrogens is 263 g/mol. The summed E-state index contributed by atoms with van der Waals surface area (Å²) < 4.78 is 13.7. The van der Waals surface area contributed by atoms with Gasteiger partial charge in [0.05, 0.1) is 11.5 Å². The molecule has 1 fully saturated rings. The molecule has 0 aromatic heterocycles. The molecule has 0 aliphatic heterocycles. The number of para-hydroxylation sites is 1. The Bertz CT molecular complexity index is 475. The second kappa shape index (κ2) is 6.65. The zero-order valence-electron chi connectivity index (χ0n) is 11.3. The van der Waals surface area contributed by atoms with Gasteiger partial charge in [0, 0.05) is 12.6 Å². The molecule has 20 heavy (non-hydrogen) atoms. The normalized spacial score (nSPS) is 16.1. The summed E-state index contributed by atoms with van der Waals surface area (Å²) >= 11 is 0. The van der Waals surface area contributed by atoms with Gasteiger partial charge in [-0.15, -0.1) is 0 Å². The number of rotatable bonds is 5. The van der Waals surface area contributed by atoms with Crippen molar-refractivity contribution >= 4 is 11.4 Å². The van der Waals surface area contributed by atoms with Crippen LogP contribution in [0.4, 0.5) is 15.8 Å². The number of nitro benzene ring substituents is 1. The fourth-order valence-corrected chi connectivity index (χ4v) is 2.92. The highest BCUT2D eigenvalue weighted by atomic mass is 19.1. The standard InChI is InChI=1S/C14H19FN2O3/c15-12-7-4-8-13(14(12)17(19)20)16(9-10-18)11-5-2-1-3-6-11/h4,7-8,11,18H,1-3,5-6,9-10H2. The number of hydrogen-bond acceptors (Lipinski definition) is 4. The van der Waals surface area contributed by atoms with Crippen LogP contribution in [0.3, 0.4) is 0 Å². The van der Waals surface area contributed by atoms with Crippen LogP contribution in [0, 0.1) is 15.9 Å². The maximum atomic E-state index is 13.7. The Morgan fingerprint density at radius 3 is 2.65 bits per heavy atom. The maximum absolute atomic E-state index is 13.7. The van der Waals surface area contributed by atoms with E-state index in [0.717, 1.165) is 38.2 Å². The highest BCUT2D eigenvalue weighted by molar-refractivity contribution is 5.64. The van der Waals surface area contributed by atoms with E-state index in [1.54, 1.807) is 11.0 Å². The minimum Gasteiger partial charge on any atom is -0.395 e. The van der Waals surface area contributed by atoms with Gasteiger partial charge in [0.25, 0.3) is 0 Å². The van der Waals surface area contributed by atoms with Gasteiger partial charge >= 0.3 is 5.69 Å². The molecule has 1 aliphatic rings. The van der Waals surface area contributed by atoms with Crippen LogP contribution in [0.2, 0.25) is 0 Å². The predicted octanol–water partition coefficient (Wildman–Crippen LogP) is 2.87. The minimum absolute atomic E-state index is 0.107. The summed E-state index contributed by atoms with van der Waals surface area (Å²) in [5.41, 5.74) is -0.220. The lowest BCUT2D eigenvalue weighted by molar-refractivity contribution is -0.386. The molecule has 0 unspecified atom stereocenters. The van der Waals surface area contributed by atoms with E-state index >= 15 is 0 Å². The van der Waals surface area contributed by atoms with Crippen molar-refractivity contribution in [3.05, 3.63) is 34.1 Å². The number of anilines is 1. The monoisotopic (exact) mass is 282 g/mol. The van der Waals surface area contributed by atoms with Gasteiger partial charge in [-0.1, -0.05) is 25.3 Å². The van der Waals surface area contributed by atoms with Crippen molar-refractivity contribution in [1.29, 1.82) is 0 Å². The second-order valence-corrected chi connectivity index (χ2v) is 5.07. The highest BCUT2D eigenvalue weighted by Crippen LogP contribution is 2.35. The van der Waals surface area contributed by atoms with E-state index < -0.39 is 16.4 Å². The predicted molar refractivity (Wildman–Crippen MR) is 74.4 cm³/mol. The summed E-state index contributed by atoms with van der Waals surface area (Å²) in [6.07, 6.45) is 5.14. The van der Waals surface area contributed by atoms with Crippen LogP contribution in [-0.4, -0.2) is 29.2 Å². The third kappa shape index (κ3) is 3.07. The van der Waals surface area contributed by atoms with E-state index in [1.165, 1.54) is 6.07 Å². The fourth-order valence-electron chi connectivity index (χ4n) is 2.92. The zero-order chi connectivity index (χ0) is 14.5. The summed E-state index contributed by atoms with van der Waals surface area (Å²) in [4.78, 5) is 12.2. The van der Waals surface area contributed by atoms with Crippen molar-refractivity contribution in [2.75, 3.05) is 18.1 Å². The molecule has 1 saturated carbocycles. The summed E-state index contributed by atoms with van der Waals surface area (Å²) in [6.45, 7) is 0.180. The average Bonchev–Trinajstić information content (AvgIpc) is 2.45. The molecule has 1 N–H and O–H groups in total. The highest BCUT2D eigenvalue weighted by Gasteiger charge is 2.29. The molecule has 6 heteroatoms. The molecule has 1 aromatic rings. The third-order valence-corrected chi connectivity index (χ3v) is 3.81. The molecule has 1 aromatic carbocycles. The van der Waals surface area contributed by atoms with Crippen molar-refractivity contribution in [1.82, 2.24) is 0 Å². The third-order valence-electron chi connectivity index (χ3n) is 3.81. The SMILES string of the molecule is O=[N+]([O-])c1c(F)cccc1N(CCO)C1CCCCC1. The number of hydrogen-bond donors (Lipinski definition) is 1. The van der Waals surface area contributed by atoms with Crippen molar-refractivity contribution in [3.63, 3.8) is 0 Å². The first kappa shape index (κ1) is 14.7.